The molecular weight excluding hydrogens is 318 g/mol. The second kappa shape index (κ2) is 5.29. The van der Waals surface area contributed by atoms with Crippen LogP contribution < -0.4 is 0 Å². The third kappa shape index (κ3) is 2.55. The summed E-state index contributed by atoms with van der Waals surface area (Å²) in [7, 11) is 0. The van der Waals surface area contributed by atoms with E-state index in [1.54, 1.807) is 6.92 Å². The van der Waals surface area contributed by atoms with Gasteiger partial charge in [-0.05, 0) is 31.0 Å². The highest BCUT2D eigenvalue weighted by Crippen LogP contribution is 2.47. The van der Waals surface area contributed by atoms with Crippen molar-refractivity contribution in [2.45, 2.75) is 31.6 Å². The predicted octanol–water partition coefficient (Wildman–Crippen LogP) is 3.48. The maximum absolute atomic E-state index is 13.5. The average molecular weight is 328 g/mol. The molecule has 0 amide bonds. The zero-order valence-electron chi connectivity index (χ0n) is 11.3. The summed E-state index contributed by atoms with van der Waals surface area (Å²) in [5.41, 5.74) is -0.0635. The van der Waals surface area contributed by atoms with Gasteiger partial charge in [-0.1, -0.05) is 12.1 Å². The lowest BCUT2D eigenvalue weighted by atomic mass is 9.94. The zero-order valence-corrected chi connectivity index (χ0v) is 11.3. The number of carboxylic acids is 1. The predicted molar refractivity (Wildman–Crippen MR) is 62.7 cm³/mol. The molecule has 0 aliphatic rings. The summed E-state index contributed by atoms with van der Waals surface area (Å²) in [5, 5.41) is 8.00. The molecule has 0 aliphatic heterocycles. The van der Waals surface area contributed by atoms with Gasteiger partial charge in [0, 0.05) is 5.56 Å². The summed E-state index contributed by atoms with van der Waals surface area (Å²) in [5.74, 6) is -24.4. The number of Topliss-reactive ketones (excluding diaryl/α,β-unsaturated/α-hetero) is 1. The highest BCUT2D eigenvalue weighted by atomic mass is 19.3. The van der Waals surface area contributed by atoms with Gasteiger partial charge in [-0.25, -0.2) is 4.79 Å². The molecule has 0 bridgehead atoms. The second-order valence-corrected chi connectivity index (χ2v) is 4.66. The number of carbonyl (C=O) groups excluding carboxylic acids is 1. The van der Waals surface area contributed by atoms with Crippen molar-refractivity contribution >= 4 is 11.8 Å². The summed E-state index contributed by atoms with van der Waals surface area (Å²) in [6, 6.07) is 2.78. The van der Waals surface area contributed by atoms with E-state index in [1.807, 2.05) is 0 Å². The van der Waals surface area contributed by atoms with E-state index in [2.05, 4.69) is 0 Å². The number of carbonyl (C=O) groups is 2. The topological polar surface area (TPSA) is 54.4 Å². The molecule has 22 heavy (non-hydrogen) atoms. The lowest BCUT2D eigenvalue weighted by molar-refractivity contribution is -0.285. The molecule has 0 unspecified atom stereocenters. The van der Waals surface area contributed by atoms with E-state index in [-0.39, 0.29) is 0 Å². The molecule has 1 N–H and O–H groups in total. The van der Waals surface area contributed by atoms with E-state index in [1.165, 1.54) is 13.0 Å². The van der Waals surface area contributed by atoms with E-state index >= 15 is 0 Å². The lowest BCUT2D eigenvalue weighted by Crippen LogP contribution is -2.60. The third-order valence-corrected chi connectivity index (χ3v) is 3.11. The molecule has 0 fully saturated rings. The number of aryl methyl sites for hydroxylation is 2. The zero-order chi connectivity index (χ0) is 17.5. The van der Waals surface area contributed by atoms with Gasteiger partial charge in [0.15, 0.2) is 0 Å². The van der Waals surface area contributed by atoms with E-state index in [0.29, 0.717) is 11.1 Å². The van der Waals surface area contributed by atoms with E-state index in [0.717, 1.165) is 12.1 Å². The molecular formula is C13H10F6O3. The van der Waals surface area contributed by atoms with Gasteiger partial charge >= 0.3 is 23.7 Å². The quantitative estimate of drug-likeness (QED) is 0.665. The maximum atomic E-state index is 13.5. The normalized spacial score (nSPS) is 13.1. The van der Waals surface area contributed by atoms with Crippen molar-refractivity contribution in [3.05, 3.63) is 34.9 Å². The van der Waals surface area contributed by atoms with Crippen molar-refractivity contribution < 1.29 is 41.0 Å². The van der Waals surface area contributed by atoms with Gasteiger partial charge in [-0.2, -0.15) is 26.3 Å². The fourth-order valence-corrected chi connectivity index (χ4v) is 1.54. The summed E-state index contributed by atoms with van der Waals surface area (Å²) in [4.78, 5) is 21.6. The Labute approximate surface area is 120 Å². The van der Waals surface area contributed by atoms with Crippen molar-refractivity contribution in [1.82, 2.24) is 0 Å². The number of alkyl halides is 6. The van der Waals surface area contributed by atoms with Crippen molar-refractivity contribution in [2.75, 3.05) is 0 Å². The second-order valence-electron chi connectivity index (χ2n) is 4.66. The summed E-state index contributed by atoms with van der Waals surface area (Å²) < 4.78 is 79.3. The number of rotatable bonds is 5. The van der Waals surface area contributed by atoms with Gasteiger partial charge in [0.2, 0.25) is 5.78 Å². The molecule has 0 saturated carbocycles. The van der Waals surface area contributed by atoms with Crippen LogP contribution in [0.3, 0.4) is 0 Å². The Kier molecular flexibility index (Phi) is 4.33. The lowest BCUT2D eigenvalue weighted by Gasteiger charge is -2.29. The maximum Gasteiger partial charge on any atom is 0.411 e. The van der Waals surface area contributed by atoms with Crippen LogP contribution in [-0.4, -0.2) is 34.6 Å². The number of hydrogen-bond donors (Lipinski definition) is 1. The number of aliphatic carboxylic acids is 1. The molecule has 1 rings (SSSR count). The minimum Gasteiger partial charge on any atom is -0.477 e. The van der Waals surface area contributed by atoms with Crippen LogP contribution in [0.15, 0.2) is 18.2 Å². The van der Waals surface area contributed by atoms with Gasteiger partial charge < -0.3 is 5.11 Å². The molecule has 0 spiro atoms. The first-order chi connectivity index (χ1) is 9.76. The van der Waals surface area contributed by atoms with E-state index in [9.17, 15) is 35.9 Å². The van der Waals surface area contributed by atoms with Crippen molar-refractivity contribution in [1.29, 1.82) is 0 Å². The van der Waals surface area contributed by atoms with Crippen LogP contribution >= 0.6 is 0 Å². The minimum atomic E-state index is -6.39. The number of ketones is 1. The van der Waals surface area contributed by atoms with Crippen LogP contribution in [0.25, 0.3) is 0 Å². The molecule has 3 nitrogen and oxygen atoms in total. The van der Waals surface area contributed by atoms with Crippen molar-refractivity contribution in [3.63, 3.8) is 0 Å². The highest BCUT2D eigenvalue weighted by molar-refractivity contribution is 6.03. The largest absolute Gasteiger partial charge is 0.477 e. The van der Waals surface area contributed by atoms with Crippen LogP contribution in [-0.2, 0) is 4.79 Å². The monoisotopic (exact) mass is 328 g/mol. The van der Waals surface area contributed by atoms with Crippen LogP contribution in [0, 0.1) is 13.8 Å². The van der Waals surface area contributed by atoms with Gasteiger partial charge in [-0.15, -0.1) is 0 Å². The van der Waals surface area contributed by atoms with Gasteiger partial charge in [0.05, 0.1) is 0 Å². The molecule has 0 aromatic heterocycles. The Morgan fingerprint density at radius 1 is 0.909 bits per heavy atom. The van der Waals surface area contributed by atoms with Crippen LogP contribution in [0.2, 0.25) is 0 Å². The van der Waals surface area contributed by atoms with Gasteiger partial charge in [0.25, 0.3) is 0 Å². The molecule has 0 heterocycles. The summed E-state index contributed by atoms with van der Waals surface area (Å²) in [6.07, 6.45) is 0. The van der Waals surface area contributed by atoms with Gasteiger partial charge in [-0.3, -0.25) is 4.79 Å². The van der Waals surface area contributed by atoms with Crippen LogP contribution in [0.4, 0.5) is 26.3 Å². The summed E-state index contributed by atoms with van der Waals surface area (Å²) >= 11 is 0. The molecule has 0 saturated heterocycles. The Bertz CT molecular complexity index is 624. The Hall–Kier alpha value is -2.06. The molecule has 1 aromatic carbocycles. The van der Waals surface area contributed by atoms with E-state index in [4.69, 9.17) is 5.11 Å². The minimum absolute atomic E-state index is 0.301. The molecule has 122 valence electrons. The fraction of sp³-hybridized carbons (Fsp3) is 0.385. The fourth-order valence-electron chi connectivity index (χ4n) is 1.54. The number of halogens is 6. The molecule has 0 aliphatic carbocycles. The first-order valence-electron chi connectivity index (χ1n) is 5.75. The molecule has 0 radical (unpaired) electrons. The first kappa shape index (κ1) is 18.0. The Balaban J connectivity index is 3.35. The number of benzene rings is 1. The highest BCUT2D eigenvalue weighted by Gasteiger charge is 2.78. The smallest absolute Gasteiger partial charge is 0.411 e. The molecule has 0 atom stereocenters. The average Bonchev–Trinajstić information content (AvgIpc) is 2.40. The van der Waals surface area contributed by atoms with Gasteiger partial charge in [0.1, 0.15) is 0 Å². The standard InChI is InChI=1S/C13H10F6O3/c1-6-3-4-8(5-7(6)2)9(20)11(14,15)13(18,19)12(16,17)10(21)22/h3-5H,1-2H3,(H,21,22). The third-order valence-electron chi connectivity index (χ3n) is 3.11. The molecule has 1 aromatic rings. The number of carboxylic acid groups (broad SMARTS) is 1. The Morgan fingerprint density at radius 3 is 1.82 bits per heavy atom. The summed E-state index contributed by atoms with van der Waals surface area (Å²) in [6.45, 7) is 2.95. The number of hydrogen-bond acceptors (Lipinski definition) is 2. The SMILES string of the molecule is Cc1ccc(C(=O)C(F)(F)C(F)(F)C(F)(F)C(=O)O)cc1C. The van der Waals surface area contributed by atoms with E-state index < -0.39 is 35.1 Å². The molecule has 9 heteroatoms. The first-order valence-corrected chi connectivity index (χ1v) is 5.75. The Morgan fingerprint density at radius 2 is 1.41 bits per heavy atom. The van der Waals surface area contributed by atoms with Crippen LogP contribution in [0.1, 0.15) is 21.5 Å². The van der Waals surface area contributed by atoms with Crippen LogP contribution in [0.5, 0.6) is 0 Å². The van der Waals surface area contributed by atoms with Crippen molar-refractivity contribution in [3.8, 4) is 0 Å². The van der Waals surface area contributed by atoms with Crippen molar-refractivity contribution in [2.24, 2.45) is 0 Å².